The Morgan fingerprint density at radius 2 is 0.964 bits per heavy atom. The molecule has 56 heavy (non-hydrogen) atoms. The first-order chi connectivity index (χ1) is 27.1. The van der Waals surface area contributed by atoms with Crippen molar-refractivity contribution in [2.24, 2.45) is 0 Å². The molecule has 0 aromatic heterocycles. The van der Waals surface area contributed by atoms with Gasteiger partial charge >= 0.3 is 11.9 Å². The lowest BCUT2D eigenvalue weighted by Crippen LogP contribution is -2.55. The Kier molecular flexibility index (Phi) is 34.8. The molecule has 0 aromatic carbocycles. The van der Waals surface area contributed by atoms with Gasteiger partial charge in [-0.3, -0.25) is 9.59 Å². The van der Waals surface area contributed by atoms with E-state index in [0.29, 0.717) is 12.8 Å². The summed E-state index contributed by atoms with van der Waals surface area (Å²) in [5.41, 5.74) is 0. The molecule has 2 atom stereocenters. The molecule has 0 aromatic rings. The topological polar surface area (TPSA) is 102 Å². The van der Waals surface area contributed by atoms with Gasteiger partial charge in [0.05, 0.1) is 46.7 Å². The van der Waals surface area contributed by atoms with Gasteiger partial charge in [-0.1, -0.05) is 135 Å². The number of hydrogen-bond acceptors (Lipinski definition) is 7. The maximum absolute atomic E-state index is 12.7. The number of carboxylic acids is 1. The van der Waals surface area contributed by atoms with Crippen LogP contribution in [0.5, 0.6) is 0 Å². The van der Waals surface area contributed by atoms with Gasteiger partial charge in [-0.05, 0) is 77.0 Å². The molecular formula is C48H73NO7. The summed E-state index contributed by atoms with van der Waals surface area (Å²) in [5.74, 6) is -1.99. The highest BCUT2D eigenvalue weighted by atomic mass is 16.6. The molecule has 8 heteroatoms. The lowest BCUT2D eigenvalue weighted by atomic mass is 10.1. The summed E-state index contributed by atoms with van der Waals surface area (Å²) in [6.45, 7) is 4.22. The van der Waals surface area contributed by atoms with E-state index in [1.165, 1.54) is 0 Å². The van der Waals surface area contributed by atoms with Crippen LogP contribution in [0.1, 0.15) is 110 Å². The predicted molar refractivity (Wildman–Crippen MR) is 230 cm³/mol. The number of carbonyl (C=O) groups is 3. The number of allylic oxidation sites excluding steroid dienone is 19. The highest BCUT2D eigenvalue weighted by Gasteiger charge is 2.25. The van der Waals surface area contributed by atoms with Crippen LogP contribution in [0.2, 0.25) is 0 Å². The minimum absolute atomic E-state index is 0.0215. The highest BCUT2D eigenvalue weighted by Crippen LogP contribution is 2.09. The van der Waals surface area contributed by atoms with Gasteiger partial charge < -0.3 is 28.6 Å². The van der Waals surface area contributed by atoms with Gasteiger partial charge in [0.25, 0.3) is 0 Å². The second-order valence-corrected chi connectivity index (χ2v) is 14.1. The van der Waals surface area contributed by atoms with Crippen LogP contribution in [0, 0.1) is 0 Å². The summed E-state index contributed by atoms with van der Waals surface area (Å²) in [4.78, 5) is 36.7. The van der Waals surface area contributed by atoms with Gasteiger partial charge in [-0.15, -0.1) is 0 Å². The van der Waals surface area contributed by atoms with Gasteiger partial charge in [0.15, 0.2) is 6.10 Å². The van der Waals surface area contributed by atoms with E-state index in [2.05, 4.69) is 123 Å². The molecule has 0 bridgehead atoms. The Labute approximate surface area is 340 Å². The maximum Gasteiger partial charge on any atom is 0.309 e. The second-order valence-electron chi connectivity index (χ2n) is 14.1. The van der Waals surface area contributed by atoms with Crippen LogP contribution in [-0.2, 0) is 28.6 Å². The van der Waals surface area contributed by atoms with Crippen molar-refractivity contribution < 1.29 is 38.2 Å². The number of carboxylic acid groups (broad SMARTS) is 1. The highest BCUT2D eigenvalue weighted by molar-refractivity contribution is 5.71. The van der Waals surface area contributed by atoms with Crippen LogP contribution in [0.3, 0.4) is 0 Å². The van der Waals surface area contributed by atoms with Crippen LogP contribution in [-0.4, -0.2) is 75.5 Å². The predicted octanol–water partition coefficient (Wildman–Crippen LogP) is 9.74. The van der Waals surface area contributed by atoms with E-state index in [1.807, 2.05) is 6.08 Å². The average molecular weight is 776 g/mol. The number of aliphatic carboxylic acids is 1. The van der Waals surface area contributed by atoms with Crippen molar-refractivity contribution >= 4 is 17.9 Å². The van der Waals surface area contributed by atoms with E-state index in [4.69, 9.17) is 14.2 Å². The van der Waals surface area contributed by atoms with Crippen molar-refractivity contribution in [3.63, 3.8) is 0 Å². The molecule has 0 spiro atoms. The summed E-state index contributed by atoms with van der Waals surface area (Å²) >= 11 is 0. The molecule has 312 valence electrons. The minimum Gasteiger partial charge on any atom is -0.544 e. The number of hydrogen-bond donors (Lipinski definition) is 0. The molecule has 0 radical (unpaired) electrons. The monoisotopic (exact) mass is 776 g/mol. The average Bonchev–Trinajstić information content (AvgIpc) is 3.15. The standard InChI is InChI=1S/C48H73NO7/c1-6-8-10-12-14-16-18-20-22-23-25-27-29-31-33-35-37-39-47(51)56-44(42-54-41-40-45(48(52)53)49(3,4)5)43-55-46(50)38-36-34-32-30-28-26-24-21-19-17-15-13-11-9-7-2/h8-11,14-17,20-22,24-25,27-28,30-31,33-34,36,44-45H,6-7,12-13,18-19,23,26,29,32,35,37-43H2,1-5H3/b10-8-,11-9-,16-14-,17-15-,22-20-,24-21-,27-25-,30-28-,33-31-,36-34-. The molecule has 0 saturated carbocycles. The summed E-state index contributed by atoms with van der Waals surface area (Å²) in [6.07, 6.45) is 52.6. The third kappa shape index (κ3) is 35.4. The third-order valence-corrected chi connectivity index (χ3v) is 8.13. The molecular weight excluding hydrogens is 703 g/mol. The van der Waals surface area contributed by atoms with Gasteiger partial charge in [0, 0.05) is 12.8 Å². The van der Waals surface area contributed by atoms with Crippen molar-refractivity contribution in [2.75, 3.05) is 41.0 Å². The van der Waals surface area contributed by atoms with Crippen molar-refractivity contribution in [3.8, 4) is 0 Å². The number of nitrogens with zero attached hydrogens (tertiary/aromatic N) is 1. The number of likely N-dealkylation sites (N-methyl/N-ethyl adjacent to an activating group) is 1. The normalized spacial score (nSPS) is 14.2. The third-order valence-electron chi connectivity index (χ3n) is 8.13. The summed E-state index contributed by atoms with van der Waals surface area (Å²) in [6, 6.07) is -0.756. The van der Waals surface area contributed by atoms with E-state index in [0.717, 1.165) is 64.2 Å². The van der Waals surface area contributed by atoms with Crippen molar-refractivity contribution in [3.05, 3.63) is 122 Å². The number of ether oxygens (including phenoxy) is 3. The first-order valence-electron chi connectivity index (χ1n) is 20.6. The number of unbranched alkanes of at least 4 members (excludes halogenated alkanes) is 1. The Morgan fingerprint density at radius 3 is 1.38 bits per heavy atom. The summed E-state index contributed by atoms with van der Waals surface area (Å²) in [7, 11) is 5.34. The maximum atomic E-state index is 12.7. The summed E-state index contributed by atoms with van der Waals surface area (Å²) in [5, 5.41) is 11.6. The van der Waals surface area contributed by atoms with Crippen LogP contribution < -0.4 is 5.11 Å². The minimum atomic E-state index is -1.15. The van der Waals surface area contributed by atoms with E-state index < -0.39 is 30.1 Å². The molecule has 0 amide bonds. The zero-order valence-corrected chi connectivity index (χ0v) is 35.2. The van der Waals surface area contributed by atoms with Crippen molar-refractivity contribution in [1.82, 2.24) is 0 Å². The Hall–Kier alpha value is -4.27. The molecule has 0 saturated heterocycles. The molecule has 0 heterocycles. The van der Waals surface area contributed by atoms with Gasteiger partial charge in [-0.25, -0.2) is 0 Å². The second kappa shape index (κ2) is 37.6. The molecule has 2 unspecified atom stereocenters. The Balaban J connectivity index is 4.65. The Morgan fingerprint density at radius 1 is 0.554 bits per heavy atom. The smallest absolute Gasteiger partial charge is 0.309 e. The van der Waals surface area contributed by atoms with Gasteiger partial charge in [0.1, 0.15) is 12.6 Å². The molecule has 8 nitrogen and oxygen atoms in total. The summed E-state index contributed by atoms with van der Waals surface area (Å²) < 4.78 is 16.9. The zero-order valence-electron chi connectivity index (χ0n) is 35.2. The molecule has 0 aliphatic heterocycles. The molecule has 0 fully saturated rings. The Bertz CT molecular complexity index is 1320. The molecule has 0 aliphatic carbocycles. The number of rotatable bonds is 34. The van der Waals surface area contributed by atoms with Crippen molar-refractivity contribution in [1.29, 1.82) is 0 Å². The zero-order chi connectivity index (χ0) is 41.4. The first-order valence-corrected chi connectivity index (χ1v) is 20.6. The lowest BCUT2D eigenvalue weighted by Gasteiger charge is -2.34. The number of esters is 2. The van der Waals surface area contributed by atoms with Crippen LogP contribution in [0.25, 0.3) is 0 Å². The fourth-order valence-corrected chi connectivity index (χ4v) is 5.00. The number of carbonyl (C=O) groups excluding carboxylic acids is 3. The lowest BCUT2D eigenvalue weighted by molar-refractivity contribution is -0.889. The van der Waals surface area contributed by atoms with E-state index in [9.17, 15) is 19.5 Å². The number of quaternary nitrogens is 1. The fraction of sp³-hybridized carbons (Fsp3) is 0.521. The molecule has 0 aliphatic rings. The van der Waals surface area contributed by atoms with E-state index >= 15 is 0 Å². The van der Waals surface area contributed by atoms with Crippen LogP contribution in [0.15, 0.2) is 122 Å². The largest absolute Gasteiger partial charge is 0.544 e. The van der Waals surface area contributed by atoms with Crippen LogP contribution >= 0.6 is 0 Å². The van der Waals surface area contributed by atoms with Gasteiger partial charge in [0.2, 0.25) is 0 Å². The van der Waals surface area contributed by atoms with Crippen LogP contribution in [0.4, 0.5) is 0 Å². The molecule has 0 rings (SSSR count). The fourth-order valence-electron chi connectivity index (χ4n) is 5.00. The van der Waals surface area contributed by atoms with Crippen molar-refractivity contribution in [2.45, 2.75) is 122 Å². The molecule has 0 N–H and O–H groups in total. The SMILES string of the molecule is CC/C=C\C/C=C\C/C=C\C/C=C\C/C=C\CCCC(=O)OC(COCCC(C(=O)[O-])[N+](C)(C)C)COC(=O)C/C=C\C/C=C\C/C=C\C/C=C\C/C=C\CC. The first kappa shape index (κ1) is 51.7. The quantitative estimate of drug-likeness (QED) is 0.0278. The van der Waals surface area contributed by atoms with E-state index in [-0.39, 0.29) is 43.6 Å². The van der Waals surface area contributed by atoms with E-state index in [1.54, 1.807) is 27.2 Å². The van der Waals surface area contributed by atoms with Gasteiger partial charge in [-0.2, -0.15) is 0 Å².